The minimum absolute atomic E-state index is 0.339. The number of aryl methyl sites for hydroxylation is 2. The van der Waals surface area contributed by atoms with Gasteiger partial charge in [-0.15, -0.1) is 0 Å². The Balaban J connectivity index is 1.15. The lowest BCUT2D eigenvalue weighted by Gasteiger charge is -2.34. The Labute approximate surface area is 331 Å². The van der Waals surface area contributed by atoms with Gasteiger partial charge in [0.1, 0.15) is 23.0 Å². The van der Waals surface area contributed by atoms with Crippen molar-refractivity contribution >= 4 is 18.5 Å². The Morgan fingerprint density at radius 1 is 0.526 bits per heavy atom. The standard InChI is InChI=1S/C48H42O9/c1-7-47(4,32-16-22-36(23-17-32)54-44(49)52-5)33-18-24-37(25-19-33)55-46(51)57-43-27-21-35(29-31(43)3)48(34-20-26-42(30(2)28-34)56-45(50)53-6)40-14-10-8-12-38(40)39-13-9-11-15-41(39)48/h8-29H,7H2,1-6H3. The van der Waals surface area contributed by atoms with E-state index in [0.717, 1.165) is 62.1 Å². The highest BCUT2D eigenvalue weighted by molar-refractivity contribution is 5.86. The van der Waals surface area contributed by atoms with E-state index < -0.39 is 23.9 Å². The van der Waals surface area contributed by atoms with Gasteiger partial charge in [0.25, 0.3) is 0 Å². The first kappa shape index (κ1) is 38.4. The molecule has 0 amide bonds. The van der Waals surface area contributed by atoms with Crippen molar-refractivity contribution in [2.45, 2.75) is 44.9 Å². The van der Waals surface area contributed by atoms with E-state index in [1.54, 1.807) is 36.4 Å². The summed E-state index contributed by atoms with van der Waals surface area (Å²) in [6.07, 6.45) is -1.64. The zero-order chi connectivity index (χ0) is 40.3. The van der Waals surface area contributed by atoms with Crippen molar-refractivity contribution in [1.29, 1.82) is 0 Å². The molecular formula is C48H42O9. The van der Waals surface area contributed by atoms with E-state index in [1.165, 1.54) is 14.2 Å². The second kappa shape index (κ2) is 15.7. The Hall–Kier alpha value is -6.87. The molecule has 0 bridgehead atoms. The van der Waals surface area contributed by atoms with Crippen LogP contribution in [-0.2, 0) is 20.3 Å². The lowest BCUT2D eigenvalue weighted by Crippen LogP contribution is -2.29. The van der Waals surface area contributed by atoms with Gasteiger partial charge in [-0.25, -0.2) is 14.4 Å². The summed E-state index contributed by atoms with van der Waals surface area (Å²) in [4.78, 5) is 36.7. The Bertz CT molecular complexity index is 2420. The summed E-state index contributed by atoms with van der Waals surface area (Å²) in [6.45, 7) is 8.03. The van der Waals surface area contributed by atoms with Gasteiger partial charge in [0, 0.05) is 5.41 Å². The Kier molecular flexibility index (Phi) is 10.6. The SMILES string of the molecule is CCC(C)(c1ccc(OC(=O)OC)cc1)c1ccc(OC(=O)Oc2ccc(C3(c4ccc(OC(=O)OC)c(C)c4)c4ccccc4-c4ccccc43)cc2C)cc1. The van der Waals surface area contributed by atoms with Gasteiger partial charge in [-0.3, -0.25) is 0 Å². The first-order valence-corrected chi connectivity index (χ1v) is 18.6. The fourth-order valence-corrected chi connectivity index (χ4v) is 7.85. The maximum absolute atomic E-state index is 13.2. The largest absolute Gasteiger partial charge is 0.519 e. The topological polar surface area (TPSA) is 107 Å². The summed E-state index contributed by atoms with van der Waals surface area (Å²) in [5.74, 6) is 1.50. The fraction of sp³-hybridized carbons (Fsp3) is 0.188. The van der Waals surface area contributed by atoms with Gasteiger partial charge in [0.2, 0.25) is 0 Å². The van der Waals surface area contributed by atoms with E-state index in [4.69, 9.17) is 23.7 Å². The van der Waals surface area contributed by atoms with Crippen LogP contribution in [0.4, 0.5) is 14.4 Å². The molecule has 0 saturated carbocycles. The number of fused-ring (bicyclic) bond motifs is 3. The molecule has 1 atom stereocenters. The minimum atomic E-state index is -0.860. The first-order valence-electron chi connectivity index (χ1n) is 18.6. The van der Waals surface area contributed by atoms with Crippen molar-refractivity contribution in [3.05, 3.63) is 178 Å². The van der Waals surface area contributed by atoms with Crippen LogP contribution in [0, 0.1) is 13.8 Å². The molecule has 0 N–H and O–H groups in total. The number of rotatable bonds is 9. The van der Waals surface area contributed by atoms with Crippen LogP contribution >= 0.6 is 0 Å². The number of hydrogen-bond acceptors (Lipinski definition) is 9. The van der Waals surface area contributed by atoms with Crippen molar-refractivity contribution in [2.24, 2.45) is 0 Å². The zero-order valence-electron chi connectivity index (χ0n) is 32.6. The molecule has 7 rings (SSSR count). The minimum Gasteiger partial charge on any atom is -0.437 e. The van der Waals surface area contributed by atoms with Crippen LogP contribution in [0.2, 0.25) is 0 Å². The third-order valence-electron chi connectivity index (χ3n) is 11.0. The number of hydrogen-bond donors (Lipinski definition) is 0. The van der Waals surface area contributed by atoms with Crippen LogP contribution in [0.15, 0.2) is 133 Å². The van der Waals surface area contributed by atoms with Crippen molar-refractivity contribution in [3.63, 3.8) is 0 Å². The third kappa shape index (κ3) is 7.08. The average molecular weight is 763 g/mol. The van der Waals surface area contributed by atoms with Crippen LogP contribution in [0.25, 0.3) is 11.1 Å². The number of carbonyl (C=O) groups excluding carboxylic acids is 3. The van der Waals surface area contributed by atoms with Crippen molar-refractivity contribution < 1.29 is 42.8 Å². The molecule has 1 unspecified atom stereocenters. The highest BCUT2D eigenvalue weighted by atomic mass is 16.7. The lowest BCUT2D eigenvalue weighted by molar-refractivity contribution is 0.120. The van der Waals surface area contributed by atoms with Crippen LogP contribution in [0.1, 0.15) is 64.8 Å². The summed E-state index contributed by atoms with van der Waals surface area (Å²) >= 11 is 0. The number of carbonyl (C=O) groups is 3. The van der Waals surface area contributed by atoms with Gasteiger partial charge in [-0.05, 0) is 112 Å². The second-order valence-corrected chi connectivity index (χ2v) is 14.1. The summed E-state index contributed by atoms with van der Waals surface area (Å²) < 4.78 is 31.3. The van der Waals surface area contributed by atoms with Gasteiger partial charge in [-0.1, -0.05) is 111 Å². The molecule has 1 aliphatic rings. The molecule has 1 aliphatic carbocycles. The monoisotopic (exact) mass is 762 g/mol. The van der Waals surface area contributed by atoms with E-state index in [-0.39, 0.29) is 5.41 Å². The second-order valence-electron chi connectivity index (χ2n) is 14.1. The molecule has 0 spiro atoms. The molecule has 0 aromatic heterocycles. The van der Waals surface area contributed by atoms with E-state index in [9.17, 15) is 14.4 Å². The van der Waals surface area contributed by atoms with Gasteiger partial charge in [0.05, 0.1) is 19.6 Å². The third-order valence-corrected chi connectivity index (χ3v) is 11.0. The van der Waals surface area contributed by atoms with E-state index >= 15 is 0 Å². The molecular weight excluding hydrogens is 721 g/mol. The van der Waals surface area contributed by atoms with Crippen LogP contribution in [-0.4, -0.2) is 32.7 Å². The van der Waals surface area contributed by atoms with E-state index in [0.29, 0.717) is 23.0 Å². The lowest BCUT2D eigenvalue weighted by atomic mass is 9.67. The first-order chi connectivity index (χ1) is 27.5. The molecule has 288 valence electrons. The molecule has 9 nitrogen and oxygen atoms in total. The highest BCUT2D eigenvalue weighted by Gasteiger charge is 2.46. The van der Waals surface area contributed by atoms with Crippen molar-refractivity contribution in [1.82, 2.24) is 0 Å². The fourth-order valence-electron chi connectivity index (χ4n) is 7.85. The predicted octanol–water partition coefficient (Wildman–Crippen LogP) is 11.3. The van der Waals surface area contributed by atoms with Crippen LogP contribution in [0.5, 0.6) is 23.0 Å². The number of benzene rings is 6. The van der Waals surface area contributed by atoms with Gasteiger partial charge in [-0.2, -0.15) is 0 Å². The van der Waals surface area contributed by atoms with E-state index in [1.807, 2.05) is 86.6 Å². The summed E-state index contributed by atoms with van der Waals surface area (Å²) in [6, 6.07) is 43.0. The zero-order valence-corrected chi connectivity index (χ0v) is 32.6. The highest BCUT2D eigenvalue weighted by Crippen LogP contribution is 2.56. The summed E-state index contributed by atoms with van der Waals surface area (Å²) in [5, 5.41) is 0. The molecule has 0 saturated heterocycles. The molecule has 0 fully saturated rings. The summed E-state index contributed by atoms with van der Waals surface area (Å²) in [7, 11) is 2.54. The Morgan fingerprint density at radius 3 is 1.35 bits per heavy atom. The molecule has 6 aromatic rings. The quantitative estimate of drug-likeness (QED) is 0.105. The average Bonchev–Trinajstić information content (AvgIpc) is 3.53. The van der Waals surface area contributed by atoms with Crippen molar-refractivity contribution in [3.8, 4) is 34.1 Å². The maximum atomic E-state index is 13.2. The Morgan fingerprint density at radius 2 is 0.930 bits per heavy atom. The number of ether oxygens (including phenoxy) is 6. The molecule has 0 radical (unpaired) electrons. The molecule has 9 heteroatoms. The smallest absolute Gasteiger partial charge is 0.437 e. The number of methoxy groups -OCH3 is 2. The van der Waals surface area contributed by atoms with E-state index in [2.05, 4.69) is 42.8 Å². The van der Waals surface area contributed by atoms with Crippen LogP contribution < -0.4 is 18.9 Å². The maximum Gasteiger partial charge on any atom is 0.519 e. The van der Waals surface area contributed by atoms with Gasteiger partial charge < -0.3 is 28.4 Å². The molecule has 6 aromatic carbocycles. The molecule has 0 aliphatic heterocycles. The van der Waals surface area contributed by atoms with Gasteiger partial charge >= 0.3 is 18.5 Å². The summed E-state index contributed by atoms with van der Waals surface area (Å²) in [5.41, 5.74) is 8.86. The molecule has 0 heterocycles. The molecule has 57 heavy (non-hydrogen) atoms. The van der Waals surface area contributed by atoms with Crippen molar-refractivity contribution in [2.75, 3.05) is 14.2 Å². The normalized spacial score (nSPS) is 13.3. The van der Waals surface area contributed by atoms with Crippen LogP contribution in [0.3, 0.4) is 0 Å². The predicted molar refractivity (Wildman–Crippen MR) is 216 cm³/mol. The van der Waals surface area contributed by atoms with Gasteiger partial charge in [0.15, 0.2) is 0 Å².